The molecule has 0 N–H and O–H groups in total. The van der Waals surface area contributed by atoms with Gasteiger partial charge in [-0.1, -0.05) is 57.9 Å². The zero-order valence-electron chi connectivity index (χ0n) is 10.4. The Hall–Kier alpha value is -1.12. The molecule has 2 rings (SSSR count). The highest BCUT2D eigenvalue weighted by molar-refractivity contribution is 9.10. The molecule has 0 amide bonds. The van der Waals surface area contributed by atoms with Crippen LogP contribution in [0.15, 0.2) is 53.0 Å². The fourth-order valence-electron chi connectivity index (χ4n) is 1.95. The highest BCUT2D eigenvalue weighted by Crippen LogP contribution is 2.23. The minimum Gasteiger partial charge on any atom is -0.294 e. The Morgan fingerprint density at radius 1 is 1.11 bits per heavy atom. The van der Waals surface area contributed by atoms with Crippen LogP contribution in [0.25, 0.3) is 0 Å². The van der Waals surface area contributed by atoms with Gasteiger partial charge in [0.1, 0.15) is 0 Å². The van der Waals surface area contributed by atoms with Gasteiger partial charge in [-0.2, -0.15) is 0 Å². The molecule has 19 heavy (non-hydrogen) atoms. The van der Waals surface area contributed by atoms with Gasteiger partial charge in [-0.25, -0.2) is 0 Å². The normalized spacial score (nSPS) is 10.4. The topological polar surface area (TPSA) is 17.1 Å². The van der Waals surface area contributed by atoms with E-state index in [-0.39, 0.29) is 5.78 Å². The minimum atomic E-state index is 0.105. The van der Waals surface area contributed by atoms with E-state index in [1.165, 1.54) is 5.56 Å². The van der Waals surface area contributed by atoms with Crippen LogP contribution in [0.4, 0.5) is 0 Å². The van der Waals surface area contributed by atoms with Crippen molar-refractivity contribution < 1.29 is 4.79 Å². The molecule has 98 valence electrons. The highest BCUT2D eigenvalue weighted by Gasteiger charge is 2.10. The van der Waals surface area contributed by atoms with Crippen LogP contribution in [0.5, 0.6) is 0 Å². The summed E-state index contributed by atoms with van der Waals surface area (Å²) in [5.41, 5.74) is 1.87. The number of halogens is 2. The minimum absolute atomic E-state index is 0.105. The first-order valence-electron chi connectivity index (χ1n) is 6.19. The zero-order chi connectivity index (χ0) is 13.7. The molecule has 0 unspecified atom stereocenters. The number of aryl methyl sites for hydroxylation is 1. The van der Waals surface area contributed by atoms with Gasteiger partial charge in [0, 0.05) is 16.5 Å². The maximum absolute atomic E-state index is 12.1. The molecule has 0 saturated carbocycles. The predicted molar refractivity (Wildman–Crippen MR) is 82.9 cm³/mol. The summed E-state index contributed by atoms with van der Waals surface area (Å²) in [6, 6.07) is 15.6. The van der Waals surface area contributed by atoms with E-state index >= 15 is 0 Å². The zero-order valence-corrected chi connectivity index (χ0v) is 12.7. The van der Waals surface area contributed by atoms with E-state index in [1.807, 2.05) is 24.3 Å². The SMILES string of the molecule is O=C(CCCc1ccccc1)c1ccc(Br)cc1Cl. The Balaban J connectivity index is 1.91. The van der Waals surface area contributed by atoms with E-state index in [1.54, 1.807) is 12.1 Å². The van der Waals surface area contributed by atoms with Crippen LogP contribution in [-0.4, -0.2) is 5.78 Å². The molecule has 2 aromatic rings. The Morgan fingerprint density at radius 3 is 2.53 bits per heavy atom. The second kappa shape index (κ2) is 6.88. The molecule has 0 bridgehead atoms. The van der Waals surface area contributed by atoms with Gasteiger partial charge < -0.3 is 0 Å². The van der Waals surface area contributed by atoms with E-state index in [2.05, 4.69) is 28.1 Å². The smallest absolute Gasteiger partial charge is 0.164 e. The van der Waals surface area contributed by atoms with Gasteiger partial charge in [-0.3, -0.25) is 4.79 Å². The first-order chi connectivity index (χ1) is 9.16. The summed E-state index contributed by atoms with van der Waals surface area (Å²) in [6.45, 7) is 0. The number of carbonyl (C=O) groups is 1. The lowest BCUT2D eigenvalue weighted by atomic mass is 10.0. The summed E-state index contributed by atoms with van der Waals surface area (Å²) >= 11 is 9.40. The summed E-state index contributed by atoms with van der Waals surface area (Å²) in [5.74, 6) is 0.105. The molecule has 0 heterocycles. The maximum Gasteiger partial charge on any atom is 0.164 e. The summed E-state index contributed by atoms with van der Waals surface area (Å²) in [5, 5.41) is 0.513. The van der Waals surface area contributed by atoms with Crippen LogP contribution in [0.2, 0.25) is 5.02 Å². The lowest BCUT2D eigenvalue weighted by molar-refractivity contribution is 0.0980. The molecule has 2 aromatic carbocycles. The maximum atomic E-state index is 12.1. The van der Waals surface area contributed by atoms with Gasteiger partial charge in [-0.15, -0.1) is 0 Å². The molecule has 1 nitrogen and oxygen atoms in total. The highest BCUT2D eigenvalue weighted by atomic mass is 79.9. The molecule has 0 aliphatic heterocycles. The number of Topliss-reactive ketones (excluding diaryl/α,β-unsaturated/α-hetero) is 1. The Morgan fingerprint density at radius 2 is 1.84 bits per heavy atom. The molecular formula is C16H14BrClO. The van der Waals surface area contributed by atoms with Gasteiger partial charge in [0.25, 0.3) is 0 Å². The van der Waals surface area contributed by atoms with Gasteiger partial charge in [0.05, 0.1) is 5.02 Å². The Bertz CT molecular complexity index is 566. The molecular weight excluding hydrogens is 324 g/mol. The van der Waals surface area contributed by atoms with Gasteiger partial charge in [0.15, 0.2) is 5.78 Å². The van der Waals surface area contributed by atoms with E-state index in [9.17, 15) is 4.79 Å². The third-order valence-corrected chi connectivity index (χ3v) is 3.75. The van der Waals surface area contributed by atoms with Gasteiger partial charge >= 0.3 is 0 Å². The molecule has 0 aromatic heterocycles. The van der Waals surface area contributed by atoms with E-state index in [4.69, 9.17) is 11.6 Å². The number of ketones is 1. The lowest BCUT2D eigenvalue weighted by Crippen LogP contribution is -2.01. The molecule has 0 aliphatic carbocycles. The van der Waals surface area contributed by atoms with Crippen LogP contribution in [-0.2, 0) is 6.42 Å². The van der Waals surface area contributed by atoms with Gasteiger partial charge in [0.2, 0.25) is 0 Å². The van der Waals surface area contributed by atoms with Crippen LogP contribution in [0, 0.1) is 0 Å². The Labute approximate surface area is 126 Å². The molecule has 0 fully saturated rings. The van der Waals surface area contributed by atoms with Crippen molar-refractivity contribution in [3.63, 3.8) is 0 Å². The molecule has 0 aliphatic rings. The molecule has 3 heteroatoms. The number of rotatable bonds is 5. The molecule has 0 radical (unpaired) electrons. The average molecular weight is 338 g/mol. The van der Waals surface area contributed by atoms with Gasteiger partial charge in [-0.05, 0) is 36.6 Å². The van der Waals surface area contributed by atoms with Crippen molar-refractivity contribution in [3.8, 4) is 0 Å². The fraction of sp³-hybridized carbons (Fsp3) is 0.188. The van der Waals surface area contributed by atoms with Crippen molar-refractivity contribution in [2.24, 2.45) is 0 Å². The first-order valence-corrected chi connectivity index (χ1v) is 7.36. The summed E-state index contributed by atoms with van der Waals surface area (Å²) < 4.78 is 0.887. The third-order valence-electron chi connectivity index (χ3n) is 2.94. The third kappa shape index (κ3) is 4.19. The lowest BCUT2D eigenvalue weighted by Gasteiger charge is -2.04. The number of carbonyl (C=O) groups excluding carboxylic acids is 1. The number of hydrogen-bond donors (Lipinski definition) is 0. The monoisotopic (exact) mass is 336 g/mol. The molecule has 0 saturated heterocycles. The fourth-order valence-corrected chi connectivity index (χ4v) is 2.73. The molecule has 0 atom stereocenters. The first kappa shape index (κ1) is 14.3. The Kier molecular flexibility index (Phi) is 5.17. The average Bonchev–Trinajstić information content (AvgIpc) is 2.39. The second-order valence-corrected chi connectivity index (χ2v) is 5.71. The van der Waals surface area contributed by atoms with E-state index < -0.39 is 0 Å². The van der Waals surface area contributed by atoms with Crippen molar-refractivity contribution in [1.82, 2.24) is 0 Å². The van der Waals surface area contributed by atoms with Crippen molar-refractivity contribution in [1.29, 1.82) is 0 Å². The summed E-state index contributed by atoms with van der Waals surface area (Å²) in [4.78, 5) is 12.1. The number of benzene rings is 2. The standard InChI is InChI=1S/C16H14BrClO/c17-13-9-10-14(15(18)11-13)16(19)8-4-7-12-5-2-1-3-6-12/h1-3,5-6,9-11H,4,7-8H2. The summed E-state index contributed by atoms with van der Waals surface area (Å²) in [7, 11) is 0. The number of hydrogen-bond acceptors (Lipinski definition) is 1. The molecule has 0 spiro atoms. The second-order valence-electron chi connectivity index (χ2n) is 4.39. The van der Waals surface area contributed by atoms with Crippen LogP contribution < -0.4 is 0 Å². The van der Waals surface area contributed by atoms with E-state index in [0.717, 1.165) is 17.3 Å². The van der Waals surface area contributed by atoms with E-state index in [0.29, 0.717) is 17.0 Å². The quantitative estimate of drug-likeness (QED) is 0.676. The largest absolute Gasteiger partial charge is 0.294 e. The van der Waals surface area contributed by atoms with Crippen molar-refractivity contribution in [2.75, 3.05) is 0 Å². The summed E-state index contributed by atoms with van der Waals surface area (Å²) in [6.07, 6.45) is 2.28. The van der Waals surface area contributed by atoms with Crippen LogP contribution >= 0.6 is 27.5 Å². The van der Waals surface area contributed by atoms with Crippen molar-refractivity contribution in [2.45, 2.75) is 19.3 Å². The van der Waals surface area contributed by atoms with Crippen molar-refractivity contribution >= 4 is 33.3 Å². The van der Waals surface area contributed by atoms with Crippen molar-refractivity contribution in [3.05, 3.63) is 69.2 Å². The predicted octanol–water partition coefficient (Wildman–Crippen LogP) is 5.31. The van der Waals surface area contributed by atoms with Crippen LogP contribution in [0.1, 0.15) is 28.8 Å². The van der Waals surface area contributed by atoms with Crippen LogP contribution in [0.3, 0.4) is 0 Å².